The van der Waals surface area contributed by atoms with Crippen molar-refractivity contribution in [3.05, 3.63) is 47.5 Å². The third-order valence-electron chi connectivity index (χ3n) is 6.78. The molecule has 0 aliphatic carbocycles. The molecule has 2 aromatic carbocycles. The van der Waals surface area contributed by atoms with Crippen LogP contribution in [0.3, 0.4) is 0 Å². The molecule has 3 N–H and O–H groups in total. The van der Waals surface area contributed by atoms with Crippen LogP contribution in [0.5, 0.6) is 0 Å². The number of hydrogen-bond donors (Lipinski definition) is 3. The Bertz CT molecular complexity index is 1300. The van der Waals surface area contributed by atoms with Gasteiger partial charge >= 0.3 is 5.97 Å². The predicted octanol–water partition coefficient (Wildman–Crippen LogP) is 1.59. The van der Waals surface area contributed by atoms with E-state index >= 15 is 0 Å². The molecule has 198 valence electrons. The van der Waals surface area contributed by atoms with Gasteiger partial charge in [-0.1, -0.05) is 38.1 Å². The highest BCUT2D eigenvalue weighted by Gasteiger charge is 2.37. The summed E-state index contributed by atoms with van der Waals surface area (Å²) in [6.07, 6.45) is 0.550. The Morgan fingerprint density at radius 1 is 1.05 bits per heavy atom. The summed E-state index contributed by atoms with van der Waals surface area (Å²) in [7, 11) is -3.19. The molecule has 1 unspecified atom stereocenters. The first kappa shape index (κ1) is 26.7. The lowest BCUT2D eigenvalue weighted by Gasteiger charge is -2.26. The van der Waals surface area contributed by atoms with Gasteiger partial charge in [-0.15, -0.1) is 0 Å². The number of benzene rings is 2. The van der Waals surface area contributed by atoms with Crippen molar-refractivity contribution in [2.45, 2.75) is 51.2 Å². The van der Waals surface area contributed by atoms with Gasteiger partial charge in [0.2, 0.25) is 5.91 Å². The predicted molar refractivity (Wildman–Crippen MR) is 137 cm³/mol. The van der Waals surface area contributed by atoms with Crippen LogP contribution in [0.4, 0.5) is 0 Å². The van der Waals surface area contributed by atoms with E-state index in [0.29, 0.717) is 12.8 Å². The van der Waals surface area contributed by atoms with E-state index in [1.807, 2.05) is 38.1 Å². The molecule has 0 aromatic heterocycles. The van der Waals surface area contributed by atoms with Crippen LogP contribution in [0.1, 0.15) is 53.8 Å². The molecule has 0 spiro atoms. The monoisotopic (exact) mass is 529 g/mol. The van der Waals surface area contributed by atoms with Crippen LogP contribution in [0, 0.1) is 5.92 Å². The summed E-state index contributed by atoms with van der Waals surface area (Å²) in [5.74, 6) is -2.71. The number of carbonyl (C=O) groups excluding carboxylic acids is 3. The molecule has 4 rings (SSSR count). The van der Waals surface area contributed by atoms with Crippen LogP contribution in [-0.2, 0) is 19.4 Å². The molecular formula is C26H31N3O7S. The molecule has 1 fully saturated rings. The number of carbonyl (C=O) groups is 4. The zero-order chi connectivity index (χ0) is 26.9. The van der Waals surface area contributed by atoms with E-state index in [2.05, 4.69) is 10.6 Å². The number of imide groups is 1. The molecule has 37 heavy (non-hydrogen) atoms. The lowest BCUT2D eigenvalue weighted by atomic mass is 10.0. The van der Waals surface area contributed by atoms with Gasteiger partial charge in [0.15, 0.2) is 9.84 Å². The first-order valence-electron chi connectivity index (χ1n) is 12.3. The fraction of sp³-hybridized carbons (Fsp3) is 0.462. The van der Waals surface area contributed by atoms with Gasteiger partial charge in [0, 0.05) is 12.6 Å². The summed E-state index contributed by atoms with van der Waals surface area (Å²) >= 11 is 0. The fourth-order valence-electron chi connectivity index (χ4n) is 4.89. The fourth-order valence-corrected chi connectivity index (χ4v) is 6.57. The third-order valence-corrected chi connectivity index (χ3v) is 8.55. The first-order valence-corrected chi connectivity index (χ1v) is 14.2. The molecule has 1 saturated heterocycles. The van der Waals surface area contributed by atoms with E-state index in [0.717, 1.165) is 15.7 Å². The third kappa shape index (κ3) is 5.99. The number of rotatable bonds is 10. The van der Waals surface area contributed by atoms with Crippen LogP contribution < -0.4 is 10.6 Å². The largest absolute Gasteiger partial charge is 0.480 e. The minimum absolute atomic E-state index is 0.00775. The zero-order valence-electron chi connectivity index (χ0n) is 20.8. The van der Waals surface area contributed by atoms with E-state index in [-0.39, 0.29) is 41.5 Å². The number of sulfone groups is 1. The Hall–Kier alpha value is -3.31. The number of carboxylic acids is 1. The Balaban J connectivity index is 1.44. The lowest BCUT2D eigenvalue weighted by molar-refractivity contribution is -0.140. The quantitative estimate of drug-likeness (QED) is 0.393. The van der Waals surface area contributed by atoms with Gasteiger partial charge in [0.05, 0.1) is 28.7 Å². The van der Waals surface area contributed by atoms with Crippen LogP contribution >= 0.6 is 0 Å². The maximum absolute atomic E-state index is 13.0. The topological polar surface area (TPSA) is 150 Å². The van der Waals surface area contributed by atoms with Crippen molar-refractivity contribution in [1.82, 2.24) is 15.5 Å². The molecule has 0 saturated carbocycles. The Morgan fingerprint density at radius 2 is 1.65 bits per heavy atom. The summed E-state index contributed by atoms with van der Waals surface area (Å²) in [6, 6.07) is 8.13. The second-order valence-electron chi connectivity index (χ2n) is 10.1. The average Bonchev–Trinajstić information content (AvgIpc) is 3.29. The number of hydrogen-bond acceptors (Lipinski definition) is 7. The minimum atomic E-state index is -3.19. The molecule has 3 amide bonds. The van der Waals surface area contributed by atoms with Gasteiger partial charge in [0.25, 0.3) is 11.8 Å². The molecule has 2 aliphatic heterocycles. The first-order chi connectivity index (χ1) is 17.4. The Morgan fingerprint density at radius 3 is 2.14 bits per heavy atom. The van der Waals surface area contributed by atoms with Crippen LogP contribution in [0.15, 0.2) is 36.4 Å². The van der Waals surface area contributed by atoms with Crippen LogP contribution in [0.25, 0.3) is 10.8 Å². The van der Waals surface area contributed by atoms with Gasteiger partial charge in [-0.05, 0) is 48.1 Å². The second kappa shape index (κ2) is 10.6. The molecule has 2 aliphatic rings. The molecular weight excluding hydrogens is 498 g/mol. The highest BCUT2D eigenvalue weighted by Crippen LogP contribution is 2.28. The average molecular weight is 530 g/mol. The van der Waals surface area contributed by atoms with Crippen LogP contribution in [-0.4, -0.2) is 78.3 Å². The molecule has 0 radical (unpaired) electrons. The maximum Gasteiger partial charge on any atom is 0.320 e. The van der Waals surface area contributed by atoms with Crippen molar-refractivity contribution in [3.63, 3.8) is 0 Å². The number of nitrogens with zero attached hydrogens (tertiary/aromatic N) is 1. The Kier molecular flexibility index (Phi) is 7.65. The summed E-state index contributed by atoms with van der Waals surface area (Å²) in [6.45, 7) is 3.64. The number of aliphatic carboxylic acids is 1. The van der Waals surface area contributed by atoms with Crippen molar-refractivity contribution in [2.75, 3.05) is 18.1 Å². The standard InChI is InChI=1S/C26H31N3O7S/c1-15(2)11-22(23(30)27-18-8-10-37(35,36)14-18)28-21(26(33)34)7-9-29-24(31)19-12-16-5-3-4-6-17(16)13-20(19)25(29)32/h3-6,12-13,15,18,21-22,28H,7-11,14H2,1-2H3,(H,27,30)(H,33,34)/t18-,21?,22+/m0/s1. The zero-order valence-corrected chi connectivity index (χ0v) is 21.6. The number of amides is 3. The lowest BCUT2D eigenvalue weighted by Crippen LogP contribution is -2.54. The van der Waals surface area contributed by atoms with E-state index in [1.165, 1.54) is 0 Å². The van der Waals surface area contributed by atoms with Crippen molar-refractivity contribution in [3.8, 4) is 0 Å². The van der Waals surface area contributed by atoms with Gasteiger partial charge in [0.1, 0.15) is 6.04 Å². The second-order valence-corrected chi connectivity index (χ2v) is 12.4. The molecule has 11 heteroatoms. The van der Waals surface area contributed by atoms with E-state index in [1.54, 1.807) is 12.1 Å². The normalized spacial score (nSPS) is 20.3. The van der Waals surface area contributed by atoms with Crippen molar-refractivity contribution < 1.29 is 32.7 Å². The SMILES string of the molecule is CC(C)C[C@@H](NC(CCN1C(=O)c2cc3ccccc3cc2C1=O)C(=O)O)C(=O)N[C@H]1CCS(=O)(=O)C1. The van der Waals surface area contributed by atoms with Gasteiger partial charge in [-0.2, -0.15) is 0 Å². The minimum Gasteiger partial charge on any atom is -0.480 e. The highest BCUT2D eigenvalue weighted by atomic mass is 32.2. The summed E-state index contributed by atoms with van der Waals surface area (Å²) < 4.78 is 23.5. The van der Waals surface area contributed by atoms with Gasteiger partial charge in [-0.25, -0.2) is 8.42 Å². The highest BCUT2D eigenvalue weighted by molar-refractivity contribution is 7.91. The molecule has 10 nitrogen and oxygen atoms in total. The molecule has 2 aromatic rings. The Labute approximate surface area is 215 Å². The molecule has 0 bridgehead atoms. The van der Waals surface area contributed by atoms with E-state index in [4.69, 9.17) is 0 Å². The molecule has 2 heterocycles. The van der Waals surface area contributed by atoms with Crippen molar-refractivity contribution in [1.29, 1.82) is 0 Å². The summed E-state index contributed by atoms with van der Waals surface area (Å²) in [4.78, 5) is 52.0. The number of carboxylic acid groups (broad SMARTS) is 1. The van der Waals surface area contributed by atoms with Crippen LogP contribution in [0.2, 0.25) is 0 Å². The molecule has 3 atom stereocenters. The summed E-state index contributed by atoms with van der Waals surface area (Å²) in [5.41, 5.74) is 0.569. The van der Waals surface area contributed by atoms with Gasteiger partial charge < -0.3 is 10.4 Å². The smallest absolute Gasteiger partial charge is 0.320 e. The number of nitrogens with one attached hydrogen (secondary N) is 2. The summed E-state index contributed by atoms with van der Waals surface area (Å²) in [5, 5.41) is 17.1. The van der Waals surface area contributed by atoms with Gasteiger partial charge in [-0.3, -0.25) is 29.4 Å². The van der Waals surface area contributed by atoms with Crippen molar-refractivity contribution >= 4 is 44.3 Å². The maximum atomic E-state index is 13.0. The van der Waals surface area contributed by atoms with E-state index in [9.17, 15) is 32.7 Å². The number of fused-ring (bicyclic) bond motifs is 2. The van der Waals surface area contributed by atoms with E-state index < -0.39 is 51.7 Å². The van der Waals surface area contributed by atoms with Crippen molar-refractivity contribution in [2.24, 2.45) is 5.92 Å².